The smallest absolute Gasteiger partial charge is 0.416 e. The maximum Gasteiger partial charge on any atom is 0.416 e. The first-order chi connectivity index (χ1) is 18.0. The number of rotatable bonds is 7. The van der Waals surface area contributed by atoms with Gasteiger partial charge in [-0.1, -0.05) is 24.3 Å². The number of carbonyl (C=O) groups is 2. The van der Waals surface area contributed by atoms with E-state index in [0.717, 1.165) is 16.9 Å². The number of nitrogens with one attached hydrogen (secondary N) is 1. The van der Waals surface area contributed by atoms with Gasteiger partial charge in [0.2, 0.25) is 0 Å². The minimum absolute atomic E-state index is 0.0335. The molecule has 2 amide bonds. The van der Waals surface area contributed by atoms with Crippen LogP contribution in [0.3, 0.4) is 0 Å². The molecule has 1 aliphatic heterocycles. The van der Waals surface area contributed by atoms with Gasteiger partial charge in [-0.2, -0.15) is 0 Å². The molecule has 1 unspecified atom stereocenters. The third-order valence-electron chi connectivity index (χ3n) is 5.95. The molecule has 0 radical (unpaired) electrons. The van der Waals surface area contributed by atoms with Crippen molar-refractivity contribution in [2.75, 3.05) is 12.4 Å². The molecule has 0 aromatic heterocycles. The molecule has 1 aliphatic rings. The van der Waals surface area contributed by atoms with E-state index in [-0.39, 0.29) is 23.8 Å². The predicted molar refractivity (Wildman–Crippen MR) is 140 cm³/mol. The van der Waals surface area contributed by atoms with Crippen LogP contribution in [0.25, 0.3) is 0 Å². The van der Waals surface area contributed by atoms with Crippen molar-refractivity contribution in [1.29, 1.82) is 0 Å². The average Bonchev–Trinajstić information content (AvgIpc) is 2.86. The first kappa shape index (κ1) is 26.8. The Morgan fingerprint density at radius 3 is 2.47 bits per heavy atom. The molecule has 3 aromatic rings. The van der Waals surface area contributed by atoms with Crippen molar-refractivity contribution in [3.63, 3.8) is 0 Å². The molecule has 0 saturated heterocycles. The van der Waals surface area contributed by atoms with Crippen molar-refractivity contribution < 1.29 is 32.9 Å². The largest absolute Gasteiger partial charge is 0.497 e. The van der Waals surface area contributed by atoms with Gasteiger partial charge in [-0.25, -0.2) is 14.0 Å². The van der Waals surface area contributed by atoms with Crippen LogP contribution in [0, 0.1) is 5.82 Å². The zero-order valence-corrected chi connectivity index (χ0v) is 22.0. The van der Waals surface area contributed by atoms with Crippen LogP contribution in [0.5, 0.6) is 17.2 Å². The summed E-state index contributed by atoms with van der Waals surface area (Å²) >= 11 is 0. The predicted octanol–water partition coefficient (Wildman–Crippen LogP) is 6.84. The lowest BCUT2D eigenvalue weighted by atomic mass is 10.0. The Labute approximate surface area is 221 Å². The number of nitrogens with zero attached hydrogens (tertiary/aromatic N) is 1. The fraction of sp³-hybridized carbons (Fsp3) is 0.310. The topological polar surface area (TPSA) is 86.3 Å². The summed E-state index contributed by atoms with van der Waals surface area (Å²) in [5.74, 6) is 1.07. The van der Waals surface area contributed by atoms with E-state index >= 15 is 4.39 Å². The van der Waals surface area contributed by atoms with Crippen LogP contribution in [-0.4, -0.2) is 29.8 Å². The zero-order chi connectivity index (χ0) is 27.4. The molecule has 1 N–H and O–H groups in total. The third-order valence-corrected chi connectivity index (χ3v) is 5.95. The zero-order valence-electron chi connectivity index (χ0n) is 22.0. The molecule has 0 saturated carbocycles. The highest BCUT2D eigenvalue weighted by atomic mass is 19.1. The summed E-state index contributed by atoms with van der Waals surface area (Å²) in [5, 5.41) is 2.43. The van der Waals surface area contributed by atoms with Gasteiger partial charge in [0, 0.05) is 17.2 Å². The van der Waals surface area contributed by atoms with E-state index in [1.807, 2.05) is 43.3 Å². The Bertz CT molecular complexity index is 1320. The first-order valence-corrected chi connectivity index (χ1v) is 12.2. The van der Waals surface area contributed by atoms with Gasteiger partial charge in [0.05, 0.1) is 25.4 Å². The number of carbonyl (C=O) groups excluding carboxylic acids is 2. The molecule has 1 atom stereocenters. The van der Waals surface area contributed by atoms with Crippen molar-refractivity contribution in [1.82, 2.24) is 4.90 Å². The van der Waals surface area contributed by atoms with E-state index in [0.29, 0.717) is 18.1 Å². The summed E-state index contributed by atoms with van der Waals surface area (Å²) in [6, 6.07) is 17.1. The van der Waals surface area contributed by atoms with E-state index in [2.05, 4.69) is 5.32 Å². The van der Waals surface area contributed by atoms with E-state index < -0.39 is 23.6 Å². The number of hydrogen-bond acceptors (Lipinski definition) is 6. The first-order valence-electron chi connectivity index (χ1n) is 12.2. The van der Waals surface area contributed by atoms with Crippen LogP contribution in [-0.2, 0) is 17.9 Å². The second-order valence-electron chi connectivity index (χ2n) is 9.91. The lowest BCUT2D eigenvalue weighted by Gasteiger charge is -2.34. The van der Waals surface area contributed by atoms with Crippen molar-refractivity contribution >= 4 is 17.9 Å². The molecule has 0 fully saturated rings. The van der Waals surface area contributed by atoms with Crippen molar-refractivity contribution in [3.8, 4) is 17.2 Å². The van der Waals surface area contributed by atoms with Crippen molar-refractivity contribution in [2.24, 2.45) is 0 Å². The van der Waals surface area contributed by atoms with Crippen LogP contribution < -0.4 is 19.5 Å². The van der Waals surface area contributed by atoms with Gasteiger partial charge in [0.25, 0.3) is 0 Å². The molecular formula is C29H31FN2O6. The van der Waals surface area contributed by atoms with Crippen molar-refractivity contribution in [2.45, 2.75) is 52.5 Å². The molecular weight excluding hydrogens is 491 g/mol. The monoisotopic (exact) mass is 522 g/mol. The highest BCUT2D eigenvalue weighted by Gasteiger charge is 2.32. The van der Waals surface area contributed by atoms with Gasteiger partial charge in [-0.3, -0.25) is 10.2 Å². The summed E-state index contributed by atoms with van der Waals surface area (Å²) in [6.07, 6.45) is -1.37. The lowest BCUT2D eigenvalue weighted by Crippen LogP contribution is -2.39. The molecule has 8 nitrogen and oxygen atoms in total. The Morgan fingerprint density at radius 1 is 1.08 bits per heavy atom. The van der Waals surface area contributed by atoms with Crippen LogP contribution in [0.4, 0.5) is 19.7 Å². The molecule has 1 heterocycles. The summed E-state index contributed by atoms with van der Waals surface area (Å²) in [7, 11) is 1.61. The normalized spacial score (nSPS) is 14.8. The second kappa shape index (κ2) is 11.0. The number of hydrogen-bond donors (Lipinski definition) is 1. The van der Waals surface area contributed by atoms with Gasteiger partial charge in [-0.15, -0.1) is 0 Å². The number of anilines is 1. The second-order valence-corrected chi connectivity index (χ2v) is 9.91. The van der Waals surface area contributed by atoms with E-state index in [4.69, 9.17) is 18.9 Å². The SMILES string of the molecule is COc1ccc(COc2ccc3c(c2)OC(=O)N(Cc2cccc(NC(=O)OC(C)(C)C)c2F)C3C)cc1. The summed E-state index contributed by atoms with van der Waals surface area (Å²) in [6.45, 7) is 7.29. The highest BCUT2D eigenvalue weighted by molar-refractivity contribution is 5.85. The quantitative estimate of drug-likeness (QED) is 0.366. The van der Waals surface area contributed by atoms with Gasteiger partial charge in [0.1, 0.15) is 29.5 Å². The third kappa shape index (κ3) is 6.34. The molecule has 38 heavy (non-hydrogen) atoms. The average molecular weight is 523 g/mol. The number of halogens is 1. The number of ether oxygens (including phenoxy) is 4. The Kier molecular flexibility index (Phi) is 7.75. The van der Waals surface area contributed by atoms with Crippen LogP contribution in [0.2, 0.25) is 0 Å². The molecule has 0 spiro atoms. The number of amides is 2. The van der Waals surface area contributed by atoms with Gasteiger partial charge in [0.15, 0.2) is 5.82 Å². The van der Waals surface area contributed by atoms with Crippen LogP contribution >= 0.6 is 0 Å². The molecule has 0 bridgehead atoms. The Balaban J connectivity index is 1.45. The maximum absolute atomic E-state index is 15.2. The summed E-state index contributed by atoms with van der Waals surface area (Å²) < 4.78 is 37.0. The van der Waals surface area contributed by atoms with E-state index in [9.17, 15) is 9.59 Å². The van der Waals surface area contributed by atoms with Gasteiger partial charge < -0.3 is 18.9 Å². The standard InChI is InChI=1S/C29H31FN2O6/c1-18-23-14-13-22(36-17-19-9-11-21(35-5)12-10-19)15-25(23)37-28(34)32(18)16-20-7-6-8-24(26(20)30)31-27(33)38-29(2,3)4/h6-15,18H,16-17H2,1-5H3,(H,31,33). The Hall–Kier alpha value is -4.27. The fourth-order valence-electron chi connectivity index (χ4n) is 4.00. The highest BCUT2D eigenvalue weighted by Crippen LogP contribution is 2.38. The molecule has 4 rings (SSSR count). The minimum Gasteiger partial charge on any atom is -0.497 e. The molecule has 9 heteroatoms. The maximum atomic E-state index is 15.2. The van der Waals surface area contributed by atoms with Gasteiger partial charge in [-0.05, 0) is 63.6 Å². The van der Waals surface area contributed by atoms with Crippen LogP contribution in [0.1, 0.15) is 50.4 Å². The van der Waals surface area contributed by atoms with E-state index in [1.54, 1.807) is 46.1 Å². The fourth-order valence-corrected chi connectivity index (χ4v) is 4.00. The number of methoxy groups -OCH3 is 1. The molecule has 200 valence electrons. The lowest BCUT2D eigenvalue weighted by molar-refractivity contribution is 0.0635. The van der Waals surface area contributed by atoms with Crippen molar-refractivity contribution in [3.05, 3.63) is 83.2 Å². The van der Waals surface area contributed by atoms with E-state index in [1.165, 1.54) is 11.0 Å². The summed E-state index contributed by atoms with van der Waals surface area (Å²) in [5.41, 5.74) is 1.20. The Morgan fingerprint density at radius 2 is 1.79 bits per heavy atom. The molecule has 0 aliphatic carbocycles. The van der Waals surface area contributed by atoms with Crippen LogP contribution in [0.15, 0.2) is 60.7 Å². The number of fused-ring (bicyclic) bond motifs is 1. The molecule has 3 aromatic carbocycles. The number of benzene rings is 3. The summed E-state index contributed by atoms with van der Waals surface area (Å²) in [4.78, 5) is 26.4. The minimum atomic E-state index is -0.766. The van der Waals surface area contributed by atoms with Gasteiger partial charge >= 0.3 is 12.2 Å².